The van der Waals surface area contributed by atoms with Crippen molar-refractivity contribution in [3.8, 4) is 0 Å². The highest BCUT2D eigenvalue weighted by Crippen LogP contribution is 2.35. The van der Waals surface area contributed by atoms with E-state index in [2.05, 4.69) is 17.7 Å². The van der Waals surface area contributed by atoms with E-state index in [0.717, 1.165) is 16.2 Å². The highest BCUT2D eigenvalue weighted by Gasteiger charge is 2.33. The Morgan fingerprint density at radius 1 is 1.19 bits per heavy atom. The van der Waals surface area contributed by atoms with Crippen molar-refractivity contribution in [2.24, 2.45) is 5.10 Å². The molecule has 0 N–H and O–H groups in total. The van der Waals surface area contributed by atoms with Crippen molar-refractivity contribution in [1.29, 1.82) is 0 Å². The quantitative estimate of drug-likeness (QED) is 0.536. The largest absolute Gasteiger partial charge is 0.274 e. The number of hydrazone groups is 1. The van der Waals surface area contributed by atoms with E-state index in [9.17, 15) is 4.79 Å². The van der Waals surface area contributed by atoms with E-state index in [1.54, 1.807) is 17.1 Å². The molecule has 26 heavy (non-hydrogen) atoms. The third-order valence-corrected chi connectivity index (χ3v) is 4.80. The molecule has 5 heteroatoms. The molecular formula is C21H19ClN2OS. The summed E-state index contributed by atoms with van der Waals surface area (Å²) >= 11 is 10.6. The summed E-state index contributed by atoms with van der Waals surface area (Å²) in [7, 11) is 0. The van der Waals surface area contributed by atoms with Crippen LogP contribution in [-0.2, 0) is 0 Å². The molecule has 0 saturated heterocycles. The molecule has 0 spiro atoms. The lowest BCUT2D eigenvalue weighted by atomic mass is 10.0. The molecular weight excluding hydrogens is 364 g/mol. The van der Waals surface area contributed by atoms with Crippen molar-refractivity contribution in [2.45, 2.75) is 19.4 Å². The summed E-state index contributed by atoms with van der Waals surface area (Å²) in [5.74, 6) is -0.132. The van der Waals surface area contributed by atoms with Crippen LogP contribution >= 0.6 is 24.2 Å². The zero-order valence-electron chi connectivity index (χ0n) is 14.3. The fourth-order valence-electron chi connectivity index (χ4n) is 2.79. The first-order valence-electron chi connectivity index (χ1n) is 8.34. The molecule has 3 nitrogen and oxygen atoms in total. The number of allylic oxidation sites excluding steroid dienone is 4. The minimum atomic E-state index is -0.184. The van der Waals surface area contributed by atoms with Crippen molar-refractivity contribution in [1.82, 2.24) is 5.01 Å². The van der Waals surface area contributed by atoms with E-state index in [1.165, 1.54) is 0 Å². The van der Waals surface area contributed by atoms with E-state index in [1.807, 2.05) is 67.6 Å². The molecule has 0 radical (unpaired) electrons. The number of halogens is 1. The van der Waals surface area contributed by atoms with Gasteiger partial charge in [-0.25, -0.2) is 5.01 Å². The van der Waals surface area contributed by atoms with Crippen LogP contribution in [0.5, 0.6) is 0 Å². The first-order valence-corrected chi connectivity index (χ1v) is 9.16. The lowest BCUT2D eigenvalue weighted by molar-refractivity contribution is 0.0711. The second-order valence-corrected chi connectivity index (χ2v) is 6.83. The first-order chi connectivity index (χ1) is 12.6. The van der Waals surface area contributed by atoms with Crippen LogP contribution in [0.25, 0.3) is 0 Å². The number of benzene rings is 2. The predicted molar refractivity (Wildman–Crippen MR) is 111 cm³/mol. The highest BCUT2D eigenvalue weighted by molar-refractivity contribution is 7.85. The number of carbonyl (C=O) groups is 1. The Kier molecular flexibility index (Phi) is 5.96. The third-order valence-electron chi connectivity index (χ3n) is 4.14. The summed E-state index contributed by atoms with van der Waals surface area (Å²) in [4.78, 5) is 13.8. The standard InChI is InChI=1S/C21H19ClN2OS/c1-2-3-9-20(26)18-14-19(15-10-12-17(22)13-11-15)24(23-18)21(25)16-7-5-4-6-8-16/h2-13,19,26H,14H2,1H3/b3-2-,20-9-. The van der Waals surface area contributed by atoms with Gasteiger partial charge in [-0.3, -0.25) is 4.79 Å². The van der Waals surface area contributed by atoms with E-state index in [4.69, 9.17) is 11.6 Å². The maximum Gasteiger partial charge on any atom is 0.274 e. The van der Waals surface area contributed by atoms with Crippen LogP contribution in [-0.4, -0.2) is 16.6 Å². The molecule has 2 aromatic rings. The fourth-order valence-corrected chi connectivity index (χ4v) is 3.14. The summed E-state index contributed by atoms with van der Waals surface area (Å²) in [6.45, 7) is 1.94. The lowest BCUT2D eigenvalue weighted by Gasteiger charge is -2.22. The molecule has 1 heterocycles. The molecule has 1 aliphatic rings. The van der Waals surface area contributed by atoms with Crippen molar-refractivity contribution in [2.75, 3.05) is 0 Å². The Hall–Kier alpha value is -2.30. The second-order valence-electron chi connectivity index (χ2n) is 5.91. The SMILES string of the molecule is C/C=C\C=C(/S)C1=NN(C(=O)c2ccccc2)C(c2ccc(Cl)cc2)C1. The van der Waals surface area contributed by atoms with Gasteiger partial charge >= 0.3 is 0 Å². The molecule has 1 unspecified atom stereocenters. The lowest BCUT2D eigenvalue weighted by Crippen LogP contribution is -2.27. The molecule has 1 amide bonds. The zero-order valence-corrected chi connectivity index (χ0v) is 16.0. The zero-order chi connectivity index (χ0) is 18.5. The van der Waals surface area contributed by atoms with Crippen LogP contribution in [0.4, 0.5) is 0 Å². The Morgan fingerprint density at radius 3 is 2.54 bits per heavy atom. The average Bonchev–Trinajstić information content (AvgIpc) is 3.12. The van der Waals surface area contributed by atoms with Crippen molar-refractivity contribution in [3.05, 3.63) is 93.9 Å². The van der Waals surface area contributed by atoms with Gasteiger partial charge < -0.3 is 0 Å². The normalized spacial score (nSPS) is 17.7. The van der Waals surface area contributed by atoms with Crippen LogP contribution in [0.15, 0.2) is 82.8 Å². The van der Waals surface area contributed by atoms with E-state index in [-0.39, 0.29) is 11.9 Å². The highest BCUT2D eigenvalue weighted by atomic mass is 35.5. The molecule has 132 valence electrons. The van der Waals surface area contributed by atoms with Gasteiger partial charge in [0.25, 0.3) is 5.91 Å². The molecule has 2 aromatic carbocycles. The smallest absolute Gasteiger partial charge is 0.267 e. The number of rotatable bonds is 4. The maximum atomic E-state index is 13.0. The van der Waals surface area contributed by atoms with Gasteiger partial charge in [0, 0.05) is 21.9 Å². The van der Waals surface area contributed by atoms with Gasteiger partial charge in [-0.1, -0.05) is 54.1 Å². The van der Waals surface area contributed by atoms with Gasteiger partial charge in [0.1, 0.15) is 0 Å². The molecule has 1 atom stereocenters. The molecule has 0 aliphatic carbocycles. The molecule has 0 bridgehead atoms. The number of hydrogen-bond donors (Lipinski definition) is 1. The number of hydrogen-bond acceptors (Lipinski definition) is 3. The first kappa shape index (κ1) is 18.5. The Balaban J connectivity index is 1.97. The topological polar surface area (TPSA) is 32.7 Å². The summed E-state index contributed by atoms with van der Waals surface area (Å²) in [5, 5.41) is 6.80. The summed E-state index contributed by atoms with van der Waals surface area (Å²) < 4.78 is 0. The molecule has 0 aromatic heterocycles. The maximum absolute atomic E-state index is 13.0. The van der Waals surface area contributed by atoms with E-state index < -0.39 is 0 Å². The number of nitrogens with zero attached hydrogens (tertiary/aromatic N) is 2. The Morgan fingerprint density at radius 2 is 1.88 bits per heavy atom. The number of amides is 1. The molecule has 0 fully saturated rings. The van der Waals surface area contributed by atoms with Crippen LogP contribution in [0.2, 0.25) is 5.02 Å². The monoisotopic (exact) mass is 382 g/mol. The van der Waals surface area contributed by atoms with Gasteiger partial charge in [0.05, 0.1) is 11.8 Å². The average molecular weight is 383 g/mol. The van der Waals surface area contributed by atoms with Crippen molar-refractivity contribution >= 4 is 35.8 Å². The van der Waals surface area contributed by atoms with Crippen molar-refractivity contribution < 1.29 is 4.79 Å². The molecule has 1 aliphatic heterocycles. The van der Waals surface area contributed by atoms with Crippen LogP contribution in [0.3, 0.4) is 0 Å². The second kappa shape index (κ2) is 8.39. The van der Waals surface area contributed by atoms with Crippen molar-refractivity contribution in [3.63, 3.8) is 0 Å². The van der Waals surface area contributed by atoms with E-state index >= 15 is 0 Å². The van der Waals surface area contributed by atoms with Gasteiger partial charge in [0.2, 0.25) is 0 Å². The van der Waals surface area contributed by atoms with Gasteiger partial charge in [-0.15, -0.1) is 12.6 Å². The minimum Gasteiger partial charge on any atom is -0.267 e. The van der Waals surface area contributed by atoms with Crippen LogP contribution < -0.4 is 0 Å². The third kappa shape index (κ3) is 4.09. The van der Waals surface area contributed by atoms with E-state index in [0.29, 0.717) is 17.0 Å². The Labute approximate surface area is 164 Å². The summed E-state index contributed by atoms with van der Waals surface area (Å²) in [5.41, 5.74) is 2.38. The Bertz CT molecular complexity index is 873. The number of carbonyl (C=O) groups excluding carboxylic acids is 1. The van der Waals surface area contributed by atoms with Gasteiger partial charge in [-0.05, 0) is 42.8 Å². The minimum absolute atomic E-state index is 0.132. The van der Waals surface area contributed by atoms with Gasteiger partial charge in [0.15, 0.2) is 0 Å². The van der Waals surface area contributed by atoms with Crippen LogP contribution in [0.1, 0.15) is 35.3 Å². The molecule has 3 rings (SSSR count). The fraction of sp³-hybridized carbons (Fsp3) is 0.143. The predicted octanol–water partition coefficient (Wildman–Crippen LogP) is 5.67. The summed E-state index contributed by atoms with van der Waals surface area (Å²) in [6, 6.07) is 16.5. The summed E-state index contributed by atoms with van der Waals surface area (Å²) in [6.07, 6.45) is 6.32. The molecule has 0 saturated carbocycles. The van der Waals surface area contributed by atoms with Crippen LogP contribution in [0, 0.1) is 0 Å². The van der Waals surface area contributed by atoms with Gasteiger partial charge in [-0.2, -0.15) is 5.10 Å². The number of thiol groups is 1.